The third-order valence-corrected chi connectivity index (χ3v) is 5.83. The van der Waals surface area contributed by atoms with Gasteiger partial charge in [-0.2, -0.15) is 0 Å². The van der Waals surface area contributed by atoms with Gasteiger partial charge in [0.15, 0.2) is 0 Å². The number of carbonyl (C=O) groups excluding carboxylic acids is 2. The second-order valence-electron chi connectivity index (χ2n) is 7.66. The minimum atomic E-state index is -2.13. The number of nitrogens with zero attached hydrogens (tertiary/aromatic N) is 1. The Labute approximate surface area is 164 Å². The third-order valence-electron chi connectivity index (χ3n) is 5.83. The van der Waals surface area contributed by atoms with Crippen LogP contribution in [0.3, 0.4) is 0 Å². The smallest absolute Gasteiger partial charge is 0.329 e. The van der Waals surface area contributed by atoms with Gasteiger partial charge in [0.25, 0.3) is 11.6 Å². The van der Waals surface area contributed by atoms with Crippen LogP contribution in [0, 0.1) is 5.92 Å². The van der Waals surface area contributed by atoms with Crippen molar-refractivity contribution in [2.45, 2.75) is 44.4 Å². The maximum Gasteiger partial charge on any atom is 0.329 e. The molecule has 28 heavy (non-hydrogen) atoms. The molecule has 0 bridgehead atoms. The molecule has 1 saturated carbocycles. The molecule has 2 aliphatic rings. The molecule has 3 atom stereocenters. The molecule has 3 N–H and O–H groups in total. The number of benzene rings is 2. The molecule has 0 radical (unpaired) electrons. The van der Waals surface area contributed by atoms with Crippen molar-refractivity contribution in [1.29, 1.82) is 0 Å². The van der Waals surface area contributed by atoms with E-state index in [2.05, 4.69) is 17.6 Å². The number of fused-ring (bicyclic) bond motifs is 1. The maximum atomic E-state index is 13.4. The summed E-state index contributed by atoms with van der Waals surface area (Å²) in [5, 5.41) is 17.6. The first-order valence-electron chi connectivity index (χ1n) is 9.81. The highest BCUT2D eigenvalue weighted by Gasteiger charge is 2.52. The number of nitrogens with one attached hydrogen (secondary N) is 2. The quantitative estimate of drug-likeness (QED) is 0.762. The summed E-state index contributed by atoms with van der Waals surface area (Å²) in [6.45, 7) is 2.12. The largest absolute Gasteiger partial charge is 0.359 e. The molecule has 1 aliphatic carbocycles. The summed E-state index contributed by atoms with van der Waals surface area (Å²) in [5.74, 6) is -0.239. The van der Waals surface area contributed by atoms with Gasteiger partial charge in [-0.15, -0.1) is 0 Å². The van der Waals surface area contributed by atoms with E-state index in [0.717, 1.165) is 30.6 Å². The molecular formula is C22H25N3O3. The molecule has 6 heteroatoms. The van der Waals surface area contributed by atoms with Gasteiger partial charge in [0, 0.05) is 17.3 Å². The summed E-state index contributed by atoms with van der Waals surface area (Å²) in [7, 11) is 0. The van der Waals surface area contributed by atoms with E-state index >= 15 is 0 Å². The lowest BCUT2D eigenvalue weighted by Crippen LogP contribution is -2.64. The van der Waals surface area contributed by atoms with Crippen molar-refractivity contribution in [3.63, 3.8) is 0 Å². The Hall–Kier alpha value is -2.86. The zero-order chi connectivity index (χ0) is 19.7. The molecule has 1 aliphatic heterocycles. The number of aliphatic hydroxyl groups is 1. The first kappa shape index (κ1) is 18.5. The summed E-state index contributed by atoms with van der Waals surface area (Å²) in [5.41, 5.74) is -0.880. The van der Waals surface area contributed by atoms with Gasteiger partial charge in [-0.1, -0.05) is 56.2 Å². The van der Waals surface area contributed by atoms with E-state index in [1.807, 2.05) is 6.07 Å². The molecule has 2 aromatic rings. The summed E-state index contributed by atoms with van der Waals surface area (Å²) in [6, 6.07) is 15.1. The summed E-state index contributed by atoms with van der Waals surface area (Å²) < 4.78 is 0. The van der Waals surface area contributed by atoms with Crippen LogP contribution < -0.4 is 15.5 Å². The lowest BCUT2D eigenvalue weighted by atomic mass is 9.85. The predicted molar refractivity (Wildman–Crippen MR) is 108 cm³/mol. The Balaban J connectivity index is 1.78. The van der Waals surface area contributed by atoms with Gasteiger partial charge in [-0.05, 0) is 37.0 Å². The molecule has 3 amide bonds. The Morgan fingerprint density at radius 2 is 1.79 bits per heavy atom. The molecule has 0 aromatic heterocycles. The van der Waals surface area contributed by atoms with Gasteiger partial charge in [0.05, 0.1) is 5.69 Å². The number of hydrogen-bond donors (Lipinski definition) is 3. The summed E-state index contributed by atoms with van der Waals surface area (Å²) in [4.78, 5) is 27.5. The average Bonchev–Trinajstić information content (AvgIpc) is 2.70. The van der Waals surface area contributed by atoms with Crippen LogP contribution >= 0.6 is 0 Å². The summed E-state index contributed by atoms with van der Waals surface area (Å²) in [6.07, 6.45) is 4.12. The van der Waals surface area contributed by atoms with E-state index in [0.29, 0.717) is 22.9 Å². The van der Waals surface area contributed by atoms with E-state index in [1.54, 1.807) is 48.5 Å². The van der Waals surface area contributed by atoms with Crippen molar-refractivity contribution in [2.24, 2.45) is 5.92 Å². The Kier molecular flexibility index (Phi) is 4.81. The Morgan fingerprint density at radius 1 is 1.11 bits per heavy atom. The van der Waals surface area contributed by atoms with E-state index in [1.165, 1.54) is 0 Å². The van der Waals surface area contributed by atoms with Crippen molar-refractivity contribution in [2.75, 3.05) is 10.2 Å². The highest BCUT2D eigenvalue weighted by molar-refractivity contribution is 6.11. The fraction of sp³-hybridized carbons (Fsp3) is 0.364. The molecule has 1 fully saturated rings. The zero-order valence-electron chi connectivity index (χ0n) is 15.9. The van der Waals surface area contributed by atoms with Gasteiger partial charge in [-0.25, -0.2) is 4.79 Å². The molecule has 0 unspecified atom stereocenters. The standard InChI is InChI=1S/C22H25N3O3/c1-15-9-5-7-13-18(15)23-20(26)22(28)17-12-6-8-14-19(17)24-21(27)25(22)16-10-3-2-4-11-16/h2-4,6,8,10-12,14-15,18,28H,5,7,9,13H2,1H3,(H,23,26)(H,24,27)/t15-,18+,22-/m1/s1. The van der Waals surface area contributed by atoms with Crippen molar-refractivity contribution in [1.82, 2.24) is 5.32 Å². The Bertz CT molecular complexity index is 886. The van der Waals surface area contributed by atoms with Gasteiger partial charge >= 0.3 is 6.03 Å². The van der Waals surface area contributed by atoms with Crippen molar-refractivity contribution >= 4 is 23.3 Å². The number of carbonyl (C=O) groups is 2. The molecule has 146 valence electrons. The number of anilines is 2. The monoisotopic (exact) mass is 379 g/mol. The minimum Gasteiger partial charge on any atom is -0.359 e. The molecule has 0 spiro atoms. The van der Waals surface area contributed by atoms with E-state index < -0.39 is 17.7 Å². The van der Waals surface area contributed by atoms with Crippen molar-refractivity contribution in [3.05, 3.63) is 60.2 Å². The van der Waals surface area contributed by atoms with Gasteiger partial charge in [0.2, 0.25) is 0 Å². The predicted octanol–water partition coefficient (Wildman–Crippen LogP) is 3.58. The summed E-state index contributed by atoms with van der Waals surface area (Å²) >= 11 is 0. The first-order chi connectivity index (χ1) is 13.5. The van der Waals surface area contributed by atoms with Crippen LogP contribution in [0.1, 0.15) is 38.2 Å². The van der Waals surface area contributed by atoms with Gasteiger partial charge in [0.1, 0.15) is 0 Å². The van der Waals surface area contributed by atoms with Crippen LogP contribution in [0.4, 0.5) is 16.2 Å². The lowest BCUT2D eigenvalue weighted by Gasteiger charge is -2.43. The first-order valence-corrected chi connectivity index (χ1v) is 9.81. The molecule has 0 saturated heterocycles. The molecule has 2 aromatic carbocycles. The number of amides is 3. The van der Waals surface area contributed by atoms with E-state index in [4.69, 9.17) is 0 Å². The number of para-hydroxylation sites is 2. The second-order valence-corrected chi connectivity index (χ2v) is 7.66. The van der Waals surface area contributed by atoms with Crippen LogP contribution in [-0.2, 0) is 10.5 Å². The highest BCUT2D eigenvalue weighted by Crippen LogP contribution is 2.40. The SMILES string of the molecule is C[C@@H]1CCCC[C@@H]1NC(=O)[C@]1(O)c2ccccc2NC(=O)N1c1ccccc1. The Morgan fingerprint density at radius 3 is 2.54 bits per heavy atom. The van der Waals surface area contributed by atoms with E-state index in [-0.39, 0.29) is 6.04 Å². The van der Waals surface area contributed by atoms with Crippen LogP contribution in [0.15, 0.2) is 54.6 Å². The number of urea groups is 1. The normalized spacial score (nSPS) is 26.9. The fourth-order valence-corrected chi connectivity index (χ4v) is 4.24. The molecule has 6 nitrogen and oxygen atoms in total. The zero-order valence-corrected chi connectivity index (χ0v) is 15.9. The van der Waals surface area contributed by atoms with E-state index in [9.17, 15) is 14.7 Å². The highest BCUT2D eigenvalue weighted by atomic mass is 16.3. The molecule has 1 heterocycles. The average molecular weight is 379 g/mol. The van der Waals surface area contributed by atoms with Crippen LogP contribution in [0.25, 0.3) is 0 Å². The van der Waals surface area contributed by atoms with Gasteiger partial charge < -0.3 is 15.7 Å². The van der Waals surface area contributed by atoms with Crippen molar-refractivity contribution < 1.29 is 14.7 Å². The van der Waals surface area contributed by atoms with Crippen LogP contribution in [0.5, 0.6) is 0 Å². The van der Waals surface area contributed by atoms with Crippen LogP contribution in [0.2, 0.25) is 0 Å². The maximum absolute atomic E-state index is 13.4. The lowest BCUT2D eigenvalue weighted by molar-refractivity contribution is -0.141. The number of hydrogen-bond acceptors (Lipinski definition) is 3. The topological polar surface area (TPSA) is 81.7 Å². The fourth-order valence-electron chi connectivity index (χ4n) is 4.24. The van der Waals surface area contributed by atoms with Gasteiger partial charge in [-0.3, -0.25) is 9.69 Å². The molecular weight excluding hydrogens is 354 g/mol. The third kappa shape index (κ3) is 3.03. The minimum absolute atomic E-state index is 0.0138. The van der Waals surface area contributed by atoms with Crippen LogP contribution in [-0.4, -0.2) is 23.1 Å². The number of rotatable bonds is 3. The second kappa shape index (κ2) is 7.28. The van der Waals surface area contributed by atoms with Crippen molar-refractivity contribution in [3.8, 4) is 0 Å². The molecule has 4 rings (SSSR count).